The second-order valence-electron chi connectivity index (χ2n) is 1.61. The highest BCUT2D eigenvalue weighted by Crippen LogP contribution is 2.11. The normalized spacial score (nSPS) is 10.5. The fourth-order valence-corrected chi connectivity index (χ4v) is 0.311. The molecule has 68 valence electrons. The van der Waals surface area contributed by atoms with Crippen LogP contribution in [0, 0.1) is 0 Å². The first kappa shape index (κ1) is 13.1. The summed E-state index contributed by atoms with van der Waals surface area (Å²) in [4.78, 5) is 9.66. The van der Waals surface area contributed by atoms with Crippen molar-refractivity contribution in [3.8, 4) is 0 Å². The molecular weight excluding hydrogens is 186 g/mol. The SMILES string of the molecule is Cl.O=C(O)CNCC(F)(F)F. The van der Waals surface area contributed by atoms with Crippen LogP contribution in [0.2, 0.25) is 0 Å². The third kappa shape index (κ3) is 12.7. The Labute approximate surface area is 67.0 Å². The van der Waals surface area contributed by atoms with Gasteiger partial charge in [-0.25, -0.2) is 0 Å². The van der Waals surface area contributed by atoms with Gasteiger partial charge in [-0.15, -0.1) is 12.4 Å². The smallest absolute Gasteiger partial charge is 0.401 e. The van der Waals surface area contributed by atoms with Crippen molar-refractivity contribution in [2.45, 2.75) is 6.18 Å². The van der Waals surface area contributed by atoms with E-state index in [2.05, 4.69) is 0 Å². The van der Waals surface area contributed by atoms with Crippen LogP contribution in [0.3, 0.4) is 0 Å². The summed E-state index contributed by atoms with van der Waals surface area (Å²) in [7, 11) is 0. The maximum absolute atomic E-state index is 11.3. The summed E-state index contributed by atoms with van der Waals surface area (Å²) >= 11 is 0. The van der Waals surface area contributed by atoms with Crippen LogP contribution in [0.15, 0.2) is 0 Å². The highest BCUT2D eigenvalue weighted by Gasteiger charge is 2.26. The van der Waals surface area contributed by atoms with Gasteiger partial charge in [0.2, 0.25) is 0 Å². The Morgan fingerprint density at radius 3 is 2.18 bits per heavy atom. The van der Waals surface area contributed by atoms with Crippen LogP contribution < -0.4 is 5.32 Å². The second-order valence-corrected chi connectivity index (χ2v) is 1.61. The Morgan fingerprint density at radius 2 is 1.91 bits per heavy atom. The van der Waals surface area contributed by atoms with Crippen molar-refractivity contribution < 1.29 is 23.1 Å². The van der Waals surface area contributed by atoms with Crippen molar-refractivity contribution in [3.63, 3.8) is 0 Å². The molecule has 0 aromatic heterocycles. The van der Waals surface area contributed by atoms with Crippen molar-refractivity contribution in [3.05, 3.63) is 0 Å². The van der Waals surface area contributed by atoms with Crippen molar-refractivity contribution >= 4 is 18.4 Å². The lowest BCUT2D eigenvalue weighted by Crippen LogP contribution is -2.32. The van der Waals surface area contributed by atoms with E-state index in [1.165, 1.54) is 0 Å². The highest BCUT2D eigenvalue weighted by molar-refractivity contribution is 5.85. The molecule has 0 rings (SSSR count). The van der Waals surface area contributed by atoms with Gasteiger partial charge in [0.25, 0.3) is 0 Å². The number of aliphatic carboxylic acids is 1. The van der Waals surface area contributed by atoms with E-state index < -0.39 is 25.2 Å². The highest BCUT2D eigenvalue weighted by atomic mass is 35.5. The fraction of sp³-hybridized carbons (Fsp3) is 0.750. The molecule has 0 radical (unpaired) electrons. The summed E-state index contributed by atoms with van der Waals surface area (Å²) in [6, 6.07) is 0. The van der Waals surface area contributed by atoms with E-state index in [4.69, 9.17) is 5.11 Å². The lowest BCUT2D eigenvalue weighted by molar-refractivity contribution is -0.138. The molecule has 0 amide bonds. The molecule has 0 aromatic carbocycles. The number of hydrogen-bond donors (Lipinski definition) is 2. The third-order valence-electron chi connectivity index (χ3n) is 0.602. The van der Waals surface area contributed by atoms with Crippen LogP contribution in [-0.2, 0) is 4.79 Å². The van der Waals surface area contributed by atoms with Gasteiger partial charge in [0, 0.05) is 0 Å². The Morgan fingerprint density at radius 1 is 1.45 bits per heavy atom. The number of carboxylic acid groups (broad SMARTS) is 1. The van der Waals surface area contributed by atoms with E-state index in [-0.39, 0.29) is 12.4 Å². The van der Waals surface area contributed by atoms with Gasteiger partial charge in [-0.05, 0) is 0 Å². The molecule has 11 heavy (non-hydrogen) atoms. The van der Waals surface area contributed by atoms with Crippen LogP contribution >= 0.6 is 12.4 Å². The number of alkyl halides is 3. The minimum atomic E-state index is -4.34. The number of nitrogens with one attached hydrogen (secondary N) is 1. The van der Waals surface area contributed by atoms with Gasteiger partial charge in [-0.1, -0.05) is 0 Å². The maximum Gasteiger partial charge on any atom is 0.401 e. The Bertz CT molecular complexity index is 127. The van der Waals surface area contributed by atoms with E-state index in [0.29, 0.717) is 0 Å². The van der Waals surface area contributed by atoms with Crippen LogP contribution in [-0.4, -0.2) is 30.3 Å². The van der Waals surface area contributed by atoms with Crippen LogP contribution in [0.4, 0.5) is 13.2 Å². The number of carbonyl (C=O) groups is 1. The van der Waals surface area contributed by atoms with Crippen molar-refractivity contribution in [2.24, 2.45) is 0 Å². The first-order valence-corrected chi connectivity index (χ1v) is 2.41. The average molecular weight is 194 g/mol. The standard InChI is InChI=1S/C4H6F3NO2.ClH/c5-4(6,7)2-8-1-3(9)10;/h8H,1-2H2,(H,9,10);1H. The predicted octanol–water partition coefficient (Wildman–Crippen LogP) is 0.645. The number of rotatable bonds is 3. The zero-order chi connectivity index (χ0) is 8.20. The Balaban J connectivity index is 0. The summed E-state index contributed by atoms with van der Waals surface area (Å²) in [6.07, 6.45) is -4.34. The van der Waals surface area contributed by atoms with Gasteiger partial charge in [-0.2, -0.15) is 13.2 Å². The van der Waals surface area contributed by atoms with E-state index >= 15 is 0 Å². The molecule has 0 saturated carbocycles. The molecule has 0 fully saturated rings. The largest absolute Gasteiger partial charge is 0.480 e. The van der Waals surface area contributed by atoms with Crippen molar-refractivity contribution in [1.82, 2.24) is 5.32 Å². The summed E-state index contributed by atoms with van der Waals surface area (Å²) in [5, 5.41) is 9.58. The van der Waals surface area contributed by atoms with Crippen molar-refractivity contribution in [1.29, 1.82) is 0 Å². The van der Waals surface area contributed by atoms with E-state index in [1.54, 1.807) is 5.32 Å². The summed E-state index contributed by atoms with van der Waals surface area (Å²) in [5.41, 5.74) is 0. The molecule has 0 bridgehead atoms. The number of hydrogen-bond acceptors (Lipinski definition) is 2. The van der Waals surface area contributed by atoms with Gasteiger partial charge in [0.05, 0.1) is 13.1 Å². The number of halogens is 4. The topological polar surface area (TPSA) is 49.3 Å². The van der Waals surface area contributed by atoms with Gasteiger partial charge >= 0.3 is 12.1 Å². The molecule has 3 nitrogen and oxygen atoms in total. The summed E-state index contributed by atoms with van der Waals surface area (Å²) < 4.78 is 33.8. The molecule has 7 heteroatoms. The Hall–Kier alpha value is -0.490. The molecule has 0 atom stereocenters. The zero-order valence-corrected chi connectivity index (χ0v) is 6.13. The van der Waals surface area contributed by atoms with Gasteiger partial charge in [0.15, 0.2) is 0 Å². The molecule has 0 spiro atoms. The third-order valence-corrected chi connectivity index (χ3v) is 0.602. The molecule has 0 aliphatic heterocycles. The molecule has 0 heterocycles. The molecular formula is C4H7ClF3NO2. The number of carboxylic acids is 1. The second kappa shape index (κ2) is 5.20. The molecule has 2 N–H and O–H groups in total. The van der Waals surface area contributed by atoms with E-state index in [1.807, 2.05) is 0 Å². The lowest BCUT2D eigenvalue weighted by Gasteiger charge is -2.04. The average Bonchev–Trinajstić information content (AvgIpc) is 1.59. The monoisotopic (exact) mass is 193 g/mol. The van der Waals surface area contributed by atoms with Gasteiger partial charge in [-0.3, -0.25) is 10.1 Å². The lowest BCUT2D eigenvalue weighted by atomic mass is 10.6. The first-order valence-electron chi connectivity index (χ1n) is 2.41. The molecule has 0 aromatic rings. The molecule has 0 saturated heterocycles. The zero-order valence-electron chi connectivity index (χ0n) is 5.31. The molecule has 0 aliphatic carbocycles. The predicted molar refractivity (Wildman–Crippen MR) is 33.8 cm³/mol. The van der Waals surface area contributed by atoms with Crippen LogP contribution in [0.1, 0.15) is 0 Å². The van der Waals surface area contributed by atoms with Gasteiger partial charge in [0.1, 0.15) is 0 Å². The van der Waals surface area contributed by atoms with E-state index in [9.17, 15) is 18.0 Å². The summed E-state index contributed by atoms with van der Waals surface area (Å²) in [6.45, 7) is -1.93. The minimum absolute atomic E-state index is 0. The minimum Gasteiger partial charge on any atom is -0.480 e. The van der Waals surface area contributed by atoms with Gasteiger partial charge < -0.3 is 5.11 Å². The first-order chi connectivity index (χ1) is 4.42. The molecule has 0 aliphatic rings. The summed E-state index contributed by atoms with van der Waals surface area (Å²) in [5.74, 6) is -1.30. The Kier molecular flexibility index (Phi) is 6.20. The van der Waals surface area contributed by atoms with Crippen LogP contribution in [0.5, 0.6) is 0 Å². The maximum atomic E-state index is 11.3. The molecule has 0 unspecified atom stereocenters. The quantitative estimate of drug-likeness (QED) is 0.692. The van der Waals surface area contributed by atoms with E-state index in [0.717, 1.165) is 0 Å². The van der Waals surface area contributed by atoms with Crippen LogP contribution in [0.25, 0.3) is 0 Å². The fourth-order valence-electron chi connectivity index (χ4n) is 0.311. The van der Waals surface area contributed by atoms with Crippen molar-refractivity contribution in [2.75, 3.05) is 13.1 Å².